The minimum atomic E-state index is -0.724. The van der Waals surface area contributed by atoms with Crippen molar-refractivity contribution in [3.63, 3.8) is 0 Å². The number of aliphatic hydroxyl groups excluding tert-OH is 1. The summed E-state index contributed by atoms with van der Waals surface area (Å²) in [7, 11) is 4.79. The number of fused-ring (bicyclic) bond motifs is 1. The fourth-order valence-corrected chi connectivity index (χ4v) is 6.06. The van der Waals surface area contributed by atoms with E-state index in [1.165, 1.54) is 12.1 Å². The Morgan fingerprint density at radius 1 is 0.812 bits per heavy atom. The van der Waals surface area contributed by atoms with Crippen molar-refractivity contribution in [2.24, 2.45) is 0 Å². The molecule has 0 aromatic heterocycles. The van der Waals surface area contributed by atoms with Gasteiger partial charge in [-0.2, -0.15) is 0 Å². The Morgan fingerprint density at radius 2 is 1.58 bits per heavy atom. The fraction of sp³-hybridized carbons (Fsp3) is 0.421. The monoisotopic (exact) mass is 663 g/mol. The van der Waals surface area contributed by atoms with Gasteiger partial charge in [0.25, 0.3) is 0 Å². The van der Waals surface area contributed by atoms with Crippen LogP contribution in [0.15, 0.2) is 78.9 Å². The molecule has 0 bridgehead atoms. The third kappa shape index (κ3) is 9.65. The van der Waals surface area contributed by atoms with E-state index in [-0.39, 0.29) is 43.8 Å². The third-order valence-corrected chi connectivity index (χ3v) is 8.39. The molecule has 5 rings (SSSR count). The van der Waals surface area contributed by atoms with Crippen molar-refractivity contribution in [3.8, 4) is 17.2 Å². The Kier molecular flexibility index (Phi) is 13.4. The van der Waals surface area contributed by atoms with Crippen molar-refractivity contribution in [2.75, 3.05) is 60.8 Å². The molecule has 9 nitrogen and oxygen atoms in total. The highest BCUT2D eigenvalue weighted by Gasteiger charge is 2.36. The molecule has 0 radical (unpaired) electrons. The summed E-state index contributed by atoms with van der Waals surface area (Å²) in [5, 5.41) is 15.9. The van der Waals surface area contributed by atoms with Crippen LogP contribution in [0, 0.1) is 5.82 Å². The molecule has 4 aromatic carbocycles. The average molecular weight is 664 g/mol. The molecule has 0 aliphatic carbocycles. The first kappa shape index (κ1) is 35.5. The third-order valence-electron chi connectivity index (χ3n) is 8.39. The Bertz CT molecular complexity index is 1570. The summed E-state index contributed by atoms with van der Waals surface area (Å²) in [6.07, 6.45) is -0.482. The summed E-state index contributed by atoms with van der Waals surface area (Å²) in [4.78, 5) is 0. The molecule has 0 saturated carbocycles. The van der Waals surface area contributed by atoms with Crippen molar-refractivity contribution >= 4 is 10.8 Å². The number of benzene rings is 4. The van der Waals surface area contributed by atoms with Crippen LogP contribution >= 0.6 is 0 Å². The van der Waals surface area contributed by atoms with E-state index in [9.17, 15) is 9.50 Å². The fourth-order valence-electron chi connectivity index (χ4n) is 6.06. The van der Waals surface area contributed by atoms with Crippen molar-refractivity contribution in [3.05, 3.63) is 101 Å². The molecular weight excluding hydrogens is 617 g/mol. The zero-order valence-corrected chi connectivity index (χ0v) is 27.9. The van der Waals surface area contributed by atoms with Gasteiger partial charge in [0.05, 0.1) is 66.1 Å². The number of nitrogens with one attached hydrogen (secondary N) is 1. The molecule has 258 valence electrons. The second-order valence-corrected chi connectivity index (χ2v) is 11.8. The minimum Gasteiger partial charge on any atom is -0.496 e. The molecule has 1 aliphatic rings. The van der Waals surface area contributed by atoms with Gasteiger partial charge in [0, 0.05) is 43.5 Å². The SMILES string of the molecule is COCC(O)CO[C@@H]1CNC[C@H](OCc2cc(OC)c3ccccc3c2)[C@H]1c1ccc(OCCCOCc2cc(F)ccc2OC)cc1. The number of aliphatic hydroxyl groups is 1. The maximum Gasteiger partial charge on any atom is 0.127 e. The summed E-state index contributed by atoms with van der Waals surface area (Å²) in [6.45, 7) is 3.21. The summed E-state index contributed by atoms with van der Waals surface area (Å²) in [6, 6.07) is 24.7. The summed E-state index contributed by atoms with van der Waals surface area (Å²) in [5.41, 5.74) is 2.75. The summed E-state index contributed by atoms with van der Waals surface area (Å²) < 4.78 is 54.2. The van der Waals surface area contributed by atoms with Gasteiger partial charge in [-0.25, -0.2) is 4.39 Å². The first-order chi connectivity index (χ1) is 23.5. The van der Waals surface area contributed by atoms with Gasteiger partial charge >= 0.3 is 0 Å². The van der Waals surface area contributed by atoms with E-state index in [2.05, 4.69) is 29.6 Å². The van der Waals surface area contributed by atoms with Crippen molar-refractivity contribution in [2.45, 2.75) is 43.9 Å². The molecule has 0 spiro atoms. The van der Waals surface area contributed by atoms with E-state index in [0.29, 0.717) is 50.6 Å². The lowest BCUT2D eigenvalue weighted by atomic mass is 9.85. The van der Waals surface area contributed by atoms with Gasteiger partial charge in [-0.15, -0.1) is 0 Å². The van der Waals surface area contributed by atoms with Gasteiger partial charge in [-0.1, -0.05) is 36.4 Å². The van der Waals surface area contributed by atoms with Crippen molar-refractivity contribution in [1.82, 2.24) is 5.32 Å². The number of piperidine rings is 1. The Balaban J connectivity index is 1.20. The Morgan fingerprint density at radius 3 is 2.35 bits per heavy atom. The molecule has 1 unspecified atom stereocenters. The molecule has 1 fully saturated rings. The van der Waals surface area contributed by atoms with E-state index in [4.69, 9.17) is 33.2 Å². The number of hydrogen-bond acceptors (Lipinski definition) is 9. The average Bonchev–Trinajstić information content (AvgIpc) is 3.11. The lowest BCUT2D eigenvalue weighted by Gasteiger charge is -2.39. The topological polar surface area (TPSA) is 96.9 Å². The number of ether oxygens (including phenoxy) is 7. The largest absolute Gasteiger partial charge is 0.496 e. The van der Waals surface area contributed by atoms with Crippen LogP contribution in [0.1, 0.15) is 29.0 Å². The van der Waals surface area contributed by atoms with Crippen LogP contribution in [0.4, 0.5) is 4.39 Å². The van der Waals surface area contributed by atoms with Crippen LogP contribution in [0.25, 0.3) is 10.8 Å². The van der Waals surface area contributed by atoms with Crippen LogP contribution in [0.2, 0.25) is 0 Å². The molecule has 1 saturated heterocycles. The quantitative estimate of drug-likeness (QED) is 0.131. The number of rotatable bonds is 18. The second-order valence-electron chi connectivity index (χ2n) is 11.8. The number of hydrogen-bond donors (Lipinski definition) is 2. The maximum atomic E-state index is 13.6. The zero-order valence-electron chi connectivity index (χ0n) is 27.9. The van der Waals surface area contributed by atoms with E-state index in [1.54, 1.807) is 27.4 Å². The molecule has 4 atom stereocenters. The predicted octanol–water partition coefficient (Wildman–Crippen LogP) is 5.65. The van der Waals surface area contributed by atoms with E-state index < -0.39 is 6.10 Å². The summed E-state index contributed by atoms with van der Waals surface area (Å²) >= 11 is 0. The van der Waals surface area contributed by atoms with Gasteiger partial charge in [0.2, 0.25) is 0 Å². The van der Waals surface area contributed by atoms with Gasteiger partial charge in [-0.05, 0) is 59.0 Å². The van der Waals surface area contributed by atoms with Crippen LogP contribution in [-0.2, 0) is 32.2 Å². The smallest absolute Gasteiger partial charge is 0.127 e. The molecule has 48 heavy (non-hydrogen) atoms. The molecule has 0 amide bonds. The van der Waals surface area contributed by atoms with E-state index >= 15 is 0 Å². The molecule has 4 aromatic rings. The standard InChI is InChI=1S/C38H46FNO8/c1-42-24-31(41)25-48-37-21-40-20-36(47-22-26-17-28-7-4-5-8-33(28)35(18-26)44-3)38(37)27-9-12-32(13-10-27)46-16-6-15-45-23-29-19-30(39)11-14-34(29)43-2/h4-5,7-14,17-19,31,36-38,40-41H,6,15-16,20-25H2,1-3H3/t31?,36-,37+,38+/m0/s1. The minimum absolute atomic E-state index is 0.0920. The van der Waals surface area contributed by atoms with Gasteiger partial charge in [0.1, 0.15) is 29.2 Å². The van der Waals surface area contributed by atoms with Crippen molar-refractivity contribution in [1.29, 1.82) is 0 Å². The molecule has 10 heteroatoms. The lowest BCUT2D eigenvalue weighted by molar-refractivity contribution is -0.0856. The summed E-state index contributed by atoms with van der Waals surface area (Å²) in [5.74, 6) is 1.74. The molecule has 1 aliphatic heterocycles. The highest BCUT2D eigenvalue weighted by atomic mass is 19.1. The molecular formula is C38H46FNO8. The first-order valence-electron chi connectivity index (χ1n) is 16.3. The van der Waals surface area contributed by atoms with Crippen LogP contribution in [0.3, 0.4) is 0 Å². The van der Waals surface area contributed by atoms with Crippen LogP contribution in [-0.4, -0.2) is 84.3 Å². The van der Waals surface area contributed by atoms with Crippen molar-refractivity contribution < 1.29 is 42.7 Å². The highest BCUT2D eigenvalue weighted by molar-refractivity contribution is 5.89. The maximum absolute atomic E-state index is 13.6. The zero-order chi connectivity index (χ0) is 33.7. The van der Waals surface area contributed by atoms with Gasteiger partial charge in [0.15, 0.2) is 0 Å². The number of halogens is 1. The predicted molar refractivity (Wildman–Crippen MR) is 181 cm³/mol. The van der Waals surface area contributed by atoms with Crippen LogP contribution < -0.4 is 19.5 Å². The van der Waals surface area contributed by atoms with Gasteiger partial charge < -0.3 is 43.6 Å². The van der Waals surface area contributed by atoms with Crippen LogP contribution in [0.5, 0.6) is 17.2 Å². The van der Waals surface area contributed by atoms with Gasteiger partial charge in [-0.3, -0.25) is 0 Å². The molecule has 2 N–H and O–H groups in total. The molecule has 1 heterocycles. The Hall–Kier alpha value is -3.77. The number of methoxy groups -OCH3 is 3. The highest BCUT2D eigenvalue weighted by Crippen LogP contribution is 2.33. The first-order valence-corrected chi connectivity index (χ1v) is 16.3. The van der Waals surface area contributed by atoms with E-state index in [1.807, 2.05) is 36.4 Å². The lowest BCUT2D eigenvalue weighted by Crippen LogP contribution is -2.51. The Labute approximate surface area is 281 Å². The normalized spacial score (nSPS) is 18.5. The second kappa shape index (κ2) is 18.1. The van der Waals surface area contributed by atoms with E-state index in [0.717, 1.165) is 33.4 Å².